The van der Waals surface area contributed by atoms with Crippen LogP contribution in [0.1, 0.15) is 50.7 Å². The van der Waals surface area contributed by atoms with Gasteiger partial charge < -0.3 is 0 Å². The Morgan fingerprint density at radius 1 is 0.696 bits per heavy atom. The molecule has 2 aromatic rings. The highest BCUT2D eigenvalue weighted by Gasteiger charge is 2.66. The first-order valence-corrected chi connectivity index (χ1v) is 9.15. The van der Waals surface area contributed by atoms with Crippen LogP contribution in [0.2, 0.25) is 10.0 Å². The van der Waals surface area contributed by atoms with Gasteiger partial charge in [0.25, 0.3) is 0 Å². The average molecular weight is 348 g/mol. The smallest absolute Gasteiger partial charge is 0.0669 e. The quantitative estimate of drug-likeness (QED) is 0.609. The van der Waals surface area contributed by atoms with Gasteiger partial charge in [-0.15, -0.1) is 0 Å². The minimum Gasteiger partial charge on any atom is -0.294 e. The van der Waals surface area contributed by atoms with Crippen LogP contribution in [-0.2, 0) is 11.1 Å². The van der Waals surface area contributed by atoms with Crippen LogP contribution in [0.4, 0.5) is 0 Å². The van der Waals surface area contributed by atoms with Gasteiger partial charge in [0, 0.05) is 10.0 Å². The molecule has 0 bridgehead atoms. The fourth-order valence-electron chi connectivity index (χ4n) is 4.03. The zero-order valence-corrected chi connectivity index (χ0v) is 15.2. The van der Waals surface area contributed by atoms with Gasteiger partial charge in [-0.25, -0.2) is 0 Å². The first kappa shape index (κ1) is 16.8. The first-order valence-electron chi connectivity index (χ1n) is 8.39. The van der Waals surface area contributed by atoms with Crippen molar-refractivity contribution in [1.82, 2.24) is 5.32 Å². The Kier molecular flexibility index (Phi) is 4.73. The number of hydrogen-bond donors (Lipinski definition) is 1. The Balaban J connectivity index is 2.06. The van der Waals surface area contributed by atoms with E-state index in [9.17, 15) is 0 Å². The number of nitrogens with one attached hydrogen (secondary N) is 1. The predicted molar refractivity (Wildman–Crippen MR) is 99.2 cm³/mol. The summed E-state index contributed by atoms with van der Waals surface area (Å²) in [5, 5.41) is 5.45. The first-order chi connectivity index (χ1) is 11.1. The highest BCUT2D eigenvalue weighted by Crippen LogP contribution is 2.59. The Labute approximate surface area is 149 Å². The van der Waals surface area contributed by atoms with Crippen LogP contribution in [0.5, 0.6) is 0 Å². The van der Waals surface area contributed by atoms with E-state index in [1.165, 1.54) is 11.1 Å². The summed E-state index contributed by atoms with van der Waals surface area (Å²) in [4.78, 5) is 0. The highest BCUT2D eigenvalue weighted by atomic mass is 35.5. The number of rotatable bonds is 6. The third-order valence-electron chi connectivity index (χ3n) is 5.02. The molecule has 1 aliphatic rings. The lowest BCUT2D eigenvalue weighted by Gasteiger charge is -2.24. The van der Waals surface area contributed by atoms with Gasteiger partial charge in [0.15, 0.2) is 0 Å². The largest absolute Gasteiger partial charge is 0.294 e. The Morgan fingerprint density at radius 2 is 1.04 bits per heavy atom. The van der Waals surface area contributed by atoms with E-state index < -0.39 is 0 Å². The van der Waals surface area contributed by atoms with Gasteiger partial charge in [-0.1, -0.05) is 74.2 Å². The van der Waals surface area contributed by atoms with Crippen molar-refractivity contribution in [1.29, 1.82) is 0 Å². The van der Waals surface area contributed by atoms with E-state index in [2.05, 4.69) is 43.4 Å². The molecular formula is C20H23Cl2N. The maximum atomic E-state index is 6.09. The van der Waals surface area contributed by atoms with Gasteiger partial charge in [0.05, 0.1) is 11.1 Å². The van der Waals surface area contributed by atoms with E-state index >= 15 is 0 Å². The number of benzene rings is 2. The molecule has 1 heterocycles. The summed E-state index contributed by atoms with van der Waals surface area (Å²) in [6.07, 6.45) is 4.48. The second-order valence-corrected chi connectivity index (χ2v) is 7.32. The lowest BCUT2D eigenvalue weighted by atomic mass is 9.77. The van der Waals surface area contributed by atoms with Gasteiger partial charge in [-0.05, 0) is 48.2 Å². The van der Waals surface area contributed by atoms with Crippen LogP contribution in [0.15, 0.2) is 48.5 Å². The average Bonchev–Trinajstić information content (AvgIpc) is 3.19. The molecule has 0 aliphatic carbocycles. The number of hydrogen-bond acceptors (Lipinski definition) is 1. The monoisotopic (exact) mass is 347 g/mol. The molecule has 2 atom stereocenters. The fraction of sp³-hybridized carbons (Fsp3) is 0.400. The third-order valence-corrected chi connectivity index (χ3v) is 5.52. The van der Waals surface area contributed by atoms with E-state index in [1.54, 1.807) is 0 Å². The molecule has 0 saturated carbocycles. The summed E-state index contributed by atoms with van der Waals surface area (Å²) in [6.45, 7) is 4.49. The summed E-state index contributed by atoms with van der Waals surface area (Å²) >= 11 is 12.2. The predicted octanol–water partition coefficient (Wildman–Crippen LogP) is 6.29. The summed E-state index contributed by atoms with van der Waals surface area (Å²) in [7, 11) is 0. The molecule has 1 N–H and O–H groups in total. The fourth-order valence-corrected chi connectivity index (χ4v) is 4.28. The van der Waals surface area contributed by atoms with Crippen LogP contribution in [-0.4, -0.2) is 0 Å². The third kappa shape index (κ3) is 2.80. The number of halogens is 2. The molecule has 3 rings (SSSR count). The Morgan fingerprint density at radius 3 is 1.35 bits per heavy atom. The minimum atomic E-state index is -0.00379. The van der Waals surface area contributed by atoms with Gasteiger partial charge in [-0.2, -0.15) is 0 Å². The Bertz CT molecular complexity index is 606. The Hall–Kier alpha value is -1.02. The molecule has 1 aliphatic heterocycles. The maximum Gasteiger partial charge on any atom is 0.0669 e. The van der Waals surface area contributed by atoms with Crippen molar-refractivity contribution in [3.05, 3.63) is 69.7 Å². The van der Waals surface area contributed by atoms with E-state index in [0.29, 0.717) is 0 Å². The van der Waals surface area contributed by atoms with Gasteiger partial charge in [-0.3, -0.25) is 5.32 Å². The summed E-state index contributed by atoms with van der Waals surface area (Å²) in [6, 6.07) is 16.6. The highest BCUT2D eigenvalue weighted by molar-refractivity contribution is 6.30. The van der Waals surface area contributed by atoms with E-state index in [1.807, 2.05) is 24.3 Å². The molecule has 0 aromatic heterocycles. The molecule has 2 aromatic carbocycles. The van der Waals surface area contributed by atoms with Gasteiger partial charge in [0.2, 0.25) is 0 Å². The standard InChI is InChI=1S/C20H23Cl2N/c1-3-13-19(15-5-9-17(21)10-6-15)20(23-19,14-4-2)16-7-11-18(22)12-8-16/h5-12,23H,3-4,13-14H2,1-2H3. The van der Waals surface area contributed by atoms with Crippen LogP contribution in [0, 0.1) is 0 Å². The van der Waals surface area contributed by atoms with E-state index in [0.717, 1.165) is 35.7 Å². The van der Waals surface area contributed by atoms with Crippen molar-refractivity contribution in [2.24, 2.45) is 0 Å². The van der Waals surface area contributed by atoms with Crippen molar-refractivity contribution in [3.63, 3.8) is 0 Å². The second kappa shape index (κ2) is 6.47. The lowest BCUT2D eigenvalue weighted by molar-refractivity contribution is 0.465. The molecule has 1 fully saturated rings. The molecule has 0 spiro atoms. The molecule has 23 heavy (non-hydrogen) atoms. The summed E-state index contributed by atoms with van der Waals surface area (Å²) < 4.78 is 0. The van der Waals surface area contributed by atoms with E-state index in [4.69, 9.17) is 23.2 Å². The van der Waals surface area contributed by atoms with E-state index in [-0.39, 0.29) is 11.1 Å². The van der Waals surface area contributed by atoms with Crippen molar-refractivity contribution in [3.8, 4) is 0 Å². The van der Waals surface area contributed by atoms with Gasteiger partial charge >= 0.3 is 0 Å². The van der Waals surface area contributed by atoms with Crippen LogP contribution in [0.3, 0.4) is 0 Å². The summed E-state index contributed by atoms with van der Waals surface area (Å²) in [5.41, 5.74) is 2.64. The normalized spacial score (nSPS) is 26.3. The van der Waals surface area contributed by atoms with Crippen LogP contribution >= 0.6 is 23.2 Å². The van der Waals surface area contributed by atoms with Crippen molar-refractivity contribution >= 4 is 23.2 Å². The molecule has 0 radical (unpaired) electrons. The van der Waals surface area contributed by atoms with Gasteiger partial charge in [0.1, 0.15) is 0 Å². The molecule has 1 nitrogen and oxygen atoms in total. The minimum absolute atomic E-state index is 0.00379. The molecular weight excluding hydrogens is 325 g/mol. The second-order valence-electron chi connectivity index (χ2n) is 6.45. The zero-order chi connectivity index (χ0) is 16.5. The van der Waals surface area contributed by atoms with Crippen molar-refractivity contribution < 1.29 is 0 Å². The molecule has 2 unspecified atom stereocenters. The zero-order valence-electron chi connectivity index (χ0n) is 13.7. The SMILES string of the molecule is CCCC1(c2ccc(Cl)cc2)NC1(CCC)c1ccc(Cl)cc1. The van der Waals surface area contributed by atoms with Crippen LogP contribution in [0.25, 0.3) is 0 Å². The van der Waals surface area contributed by atoms with Crippen molar-refractivity contribution in [2.75, 3.05) is 0 Å². The lowest BCUT2D eigenvalue weighted by Crippen LogP contribution is -2.22. The van der Waals surface area contributed by atoms with Crippen molar-refractivity contribution in [2.45, 2.75) is 50.6 Å². The topological polar surface area (TPSA) is 21.9 Å². The molecule has 122 valence electrons. The molecule has 3 heteroatoms. The molecule has 1 saturated heterocycles. The summed E-state index contributed by atoms with van der Waals surface area (Å²) in [5.74, 6) is 0. The molecule has 0 amide bonds. The maximum absolute atomic E-state index is 6.09. The van der Waals surface area contributed by atoms with Crippen LogP contribution < -0.4 is 5.32 Å².